The van der Waals surface area contributed by atoms with Gasteiger partial charge >= 0.3 is 30.1 Å². The molecule has 0 amide bonds. The molecule has 6 aromatic rings. The van der Waals surface area contributed by atoms with Crippen molar-refractivity contribution in [2.24, 2.45) is 4.90 Å². The second-order valence-electron chi connectivity index (χ2n) is 12.4. The van der Waals surface area contributed by atoms with Crippen LogP contribution in [0, 0.1) is 0 Å². The summed E-state index contributed by atoms with van der Waals surface area (Å²) in [6, 6.07) is 35.9. The third kappa shape index (κ3) is 4.33. The molecule has 0 saturated heterocycles. The number of Topliss-reactive ketones (excluding diaryl/α,β-unsaturated/α-hetero) is 1. The quantitative estimate of drug-likeness (QED) is 0.215. The van der Waals surface area contributed by atoms with Crippen LogP contribution in [0.15, 0.2) is 114 Å². The van der Waals surface area contributed by atoms with Gasteiger partial charge in [0, 0.05) is 38.6 Å². The van der Waals surface area contributed by atoms with E-state index in [1.807, 2.05) is 97.1 Å². The van der Waals surface area contributed by atoms with Gasteiger partial charge < -0.3 is 35.0 Å². The van der Waals surface area contributed by atoms with Gasteiger partial charge in [0.2, 0.25) is 0 Å². The van der Waals surface area contributed by atoms with Gasteiger partial charge in [-0.05, 0) is 63.7 Å². The van der Waals surface area contributed by atoms with E-state index in [2.05, 4.69) is 27.8 Å². The van der Waals surface area contributed by atoms with Crippen LogP contribution < -0.4 is 46.5 Å². The summed E-state index contributed by atoms with van der Waals surface area (Å²) in [4.78, 5) is 19.5. The predicted octanol–water partition coefficient (Wildman–Crippen LogP) is 1.40. The Morgan fingerprint density at radius 2 is 1.31 bits per heavy atom. The Kier molecular flexibility index (Phi) is 6.55. The van der Waals surface area contributed by atoms with Crippen LogP contribution in [-0.2, 0) is 4.79 Å². The Hall–Kier alpha value is -5.60. The molecule has 2 aliphatic heterocycles. The topological polar surface area (TPSA) is 104 Å². The van der Waals surface area contributed by atoms with Gasteiger partial charge in [-0.25, -0.2) is 0 Å². The van der Waals surface area contributed by atoms with Crippen molar-refractivity contribution in [1.82, 2.24) is 0 Å². The number of nitrogens with zero attached hydrogens (tertiary/aromatic N) is 1. The summed E-state index contributed by atoms with van der Waals surface area (Å²) in [5.74, 6) is 0.733. The highest BCUT2D eigenvalue weighted by molar-refractivity contribution is 6.80. The largest absolute Gasteiger partial charge is 0.568 e. The molecule has 8 nitrogen and oxygen atoms in total. The number of hydrogen-bond donors (Lipinski definition) is 4. The first-order valence-corrected chi connectivity index (χ1v) is 16.0. The van der Waals surface area contributed by atoms with Gasteiger partial charge in [0.1, 0.15) is 0 Å². The van der Waals surface area contributed by atoms with Crippen molar-refractivity contribution in [3.8, 4) is 11.5 Å². The summed E-state index contributed by atoms with van der Waals surface area (Å²) in [5.41, 5.74) is 5.92. The SMILES string of the molecule is BOc1ccc(B2N=c3/c(=C4\C(=O)C(c5ccc6cccc7c6c5NB(c5ccc(OB)cc5)N7)C4O)ccc4cccc(c34)N2)cc1. The van der Waals surface area contributed by atoms with E-state index in [9.17, 15) is 9.90 Å². The average molecular weight is 624 g/mol. The number of rotatable bonds is 5. The minimum Gasteiger partial charge on any atom is -0.568 e. The summed E-state index contributed by atoms with van der Waals surface area (Å²) in [6.07, 6.45) is -1.00. The molecule has 48 heavy (non-hydrogen) atoms. The molecule has 1 saturated carbocycles. The molecule has 12 heteroatoms. The third-order valence-corrected chi connectivity index (χ3v) is 9.90. The van der Waals surface area contributed by atoms with Crippen molar-refractivity contribution in [3.63, 3.8) is 0 Å². The van der Waals surface area contributed by atoms with E-state index in [0.29, 0.717) is 16.1 Å². The Morgan fingerprint density at radius 3 is 1.98 bits per heavy atom. The number of hydrogen-bond acceptors (Lipinski definition) is 8. The van der Waals surface area contributed by atoms with Crippen LogP contribution in [0.4, 0.5) is 17.1 Å². The second kappa shape index (κ2) is 11.0. The van der Waals surface area contributed by atoms with Crippen molar-refractivity contribution in [2.75, 3.05) is 15.7 Å². The number of benzene rings is 6. The number of anilines is 3. The minimum absolute atomic E-state index is 0.0975. The van der Waals surface area contributed by atoms with Crippen LogP contribution in [-0.4, -0.2) is 47.1 Å². The fourth-order valence-corrected chi connectivity index (χ4v) is 7.44. The molecule has 2 unspecified atom stereocenters. The number of ketones is 1. The molecule has 6 aromatic carbocycles. The number of aliphatic hydroxyl groups excluding tert-OH is 1. The number of carbonyl (C=O) groups excluding carboxylic acids is 1. The molecule has 1 fully saturated rings. The molecule has 0 bridgehead atoms. The fraction of sp³-hybridized carbons (Fsp3) is 0.0556. The van der Waals surface area contributed by atoms with Gasteiger partial charge in [-0.2, -0.15) is 0 Å². The van der Waals surface area contributed by atoms with Crippen LogP contribution in [0.5, 0.6) is 11.5 Å². The molecule has 1 aliphatic carbocycles. The van der Waals surface area contributed by atoms with Gasteiger partial charge in [-0.3, -0.25) is 4.79 Å². The van der Waals surface area contributed by atoms with Gasteiger partial charge in [0.05, 0.1) is 28.9 Å². The standard InChI is InChI=1S/C36H28B4N4O4/c37-47-23-13-9-21(10-14-23)39-41-27-5-1-3-19-7-17-25(33(43-39)29(19)27)31-35(45)32(36(31)46)26-18-8-20-4-2-6-28-30(20)34(26)44-40(42-28)22-11-15-24(48-38)16-12-22/h1-18,31,35,41-43,45H,37-38H2/b32-26-. The van der Waals surface area contributed by atoms with E-state index in [-0.39, 0.29) is 19.7 Å². The van der Waals surface area contributed by atoms with Crippen LogP contribution in [0.25, 0.3) is 27.1 Å². The summed E-state index contributed by atoms with van der Waals surface area (Å²) < 4.78 is 10.7. The minimum atomic E-state index is -1.00. The zero-order chi connectivity index (χ0) is 32.5. The van der Waals surface area contributed by atoms with Crippen molar-refractivity contribution in [2.45, 2.75) is 12.0 Å². The van der Waals surface area contributed by atoms with E-state index in [1.165, 1.54) is 0 Å². The zero-order valence-corrected chi connectivity index (χ0v) is 26.3. The monoisotopic (exact) mass is 624 g/mol. The van der Waals surface area contributed by atoms with Crippen molar-refractivity contribution in [3.05, 3.63) is 125 Å². The van der Waals surface area contributed by atoms with Gasteiger partial charge in [0.25, 0.3) is 0 Å². The maximum Gasteiger partial charge on any atom is 0.427 e. The molecule has 4 N–H and O–H groups in total. The van der Waals surface area contributed by atoms with Gasteiger partial charge in [0.15, 0.2) is 5.78 Å². The summed E-state index contributed by atoms with van der Waals surface area (Å²) in [5, 5.41) is 28.1. The van der Waals surface area contributed by atoms with Crippen molar-refractivity contribution >= 4 is 91.0 Å². The highest BCUT2D eigenvalue weighted by Gasteiger charge is 2.47. The lowest BCUT2D eigenvalue weighted by molar-refractivity contribution is -0.122. The van der Waals surface area contributed by atoms with Gasteiger partial charge in [-0.15, -0.1) is 0 Å². The maximum absolute atomic E-state index is 14.3. The molecule has 228 valence electrons. The van der Waals surface area contributed by atoms with Crippen LogP contribution in [0.2, 0.25) is 0 Å². The Balaban J connectivity index is 1.16. The summed E-state index contributed by atoms with van der Waals surface area (Å²) in [6.45, 7) is -0.607. The molecule has 2 atom stereocenters. The first-order chi connectivity index (χ1) is 23.5. The number of carbonyl (C=O) groups is 1. The molecule has 9 rings (SSSR count). The third-order valence-electron chi connectivity index (χ3n) is 9.90. The highest BCUT2D eigenvalue weighted by Crippen LogP contribution is 2.46. The first-order valence-electron chi connectivity index (χ1n) is 16.0. The van der Waals surface area contributed by atoms with E-state index in [4.69, 9.17) is 14.2 Å². The van der Waals surface area contributed by atoms with Crippen molar-refractivity contribution in [1.29, 1.82) is 0 Å². The number of nitrogens with one attached hydrogen (secondary N) is 3. The average Bonchev–Trinajstić information content (AvgIpc) is 3.13. The molecule has 0 spiro atoms. The van der Waals surface area contributed by atoms with Crippen LogP contribution in [0.3, 0.4) is 0 Å². The fourth-order valence-electron chi connectivity index (χ4n) is 7.44. The summed E-state index contributed by atoms with van der Waals surface area (Å²) >= 11 is 0. The molecule has 0 aromatic heterocycles. The highest BCUT2D eigenvalue weighted by atomic mass is 16.4. The Bertz CT molecular complexity index is 2430. The Labute approximate surface area is 279 Å². The summed E-state index contributed by atoms with van der Waals surface area (Å²) in [7, 11) is 3.29. The second-order valence-corrected chi connectivity index (χ2v) is 12.4. The first kappa shape index (κ1) is 28.6. The van der Waals surface area contributed by atoms with E-state index < -0.39 is 12.0 Å². The lowest BCUT2D eigenvalue weighted by atomic mass is 9.64. The van der Waals surface area contributed by atoms with E-state index in [0.717, 1.165) is 66.6 Å². The normalized spacial score (nSPS) is 18.7. The lowest BCUT2D eigenvalue weighted by Gasteiger charge is -2.38. The lowest BCUT2D eigenvalue weighted by Crippen LogP contribution is -2.52. The van der Waals surface area contributed by atoms with Crippen molar-refractivity contribution < 1.29 is 19.2 Å². The van der Waals surface area contributed by atoms with Crippen LogP contribution >= 0.6 is 0 Å². The van der Waals surface area contributed by atoms with Gasteiger partial charge in [-0.1, -0.05) is 72.8 Å². The smallest absolute Gasteiger partial charge is 0.427 e. The zero-order valence-electron chi connectivity index (χ0n) is 26.3. The van der Waals surface area contributed by atoms with E-state index >= 15 is 0 Å². The maximum atomic E-state index is 14.3. The molecular weight excluding hydrogens is 596 g/mol. The molecular formula is C36H28B4N4O4. The Morgan fingerprint density at radius 1 is 0.688 bits per heavy atom. The molecule has 3 aliphatic rings. The predicted molar refractivity (Wildman–Crippen MR) is 199 cm³/mol. The molecule has 0 radical (unpaired) electrons. The molecule has 2 heterocycles. The van der Waals surface area contributed by atoms with Crippen LogP contribution in [0.1, 0.15) is 11.5 Å². The van der Waals surface area contributed by atoms with E-state index in [1.54, 1.807) is 16.1 Å². The number of aliphatic hydroxyl groups is 1.